The topological polar surface area (TPSA) is 86.9 Å². The minimum absolute atomic E-state index is 0.114. The summed E-state index contributed by atoms with van der Waals surface area (Å²) in [7, 11) is 5.30. The van der Waals surface area contributed by atoms with Crippen LogP contribution in [0.15, 0.2) is 18.2 Å². The molecule has 156 valence electrons. The lowest BCUT2D eigenvalue weighted by atomic mass is 10.00. The van der Waals surface area contributed by atoms with Gasteiger partial charge in [0.1, 0.15) is 0 Å². The maximum Gasteiger partial charge on any atom is 0.242 e. The summed E-state index contributed by atoms with van der Waals surface area (Å²) in [6.07, 6.45) is 0.863. The number of ether oxygens (including phenoxy) is 1. The van der Waals surface area contributed by atoms with Crippen LogP contribution in [-0.2, 0) is 25.3 Å². The second kappa shape index (κ2) is 7.60. The van der Waals surface area contributed by atoms with E-state index in [2.05, 4.69) is 20.4 Å². The number of hydrogen-bond acceptors (Lipinski definition) is 5. The van der Waals surface area contributed by atoms with Crippen LogP contribution in [0.2, 0.25) is 5.02 Å². The van der Waals surface area contributed by atoms with Crippen molar-refractivity contribution in [3.8, 4) is 5.88 Å². The number of fused-ring (bicyclic) bond motifs is 2. The van der Waals surface area contributed by atoms with Crippen molar-refractivity contribution in [2.75, 3.05) is 12.4 Å². The maximum absolute atomic E-state index is 12.6. The third kappa shape index (κ3) is 3.37. The van der Waals surface area contributed by atoms with E-state index in [-0.39, 0.29) is 5.91 Å². The molecule has 3 heterocycles. The predicted molar refractivity (Wildman–Crippen MR) is 117 cm³/mol. The van der Waals surface area contributed by atoms with E-state index in [4.69, 9.17) is 16.3 Å². The number of carbonyl (C=O) groups is 1. The highest BCUT2D eigenvalue weighted by Crippen LogP contribution is 2.30. The average Bonchev–Trinajstić information content (AvgIpc) is 3.18. The summed E-state index contributed by atoms with van der Waals surface area (Å²) in [4.78, 5) is 21.8. The van der Waals surface area contributed by atoms with Gasteiger partial charge < -0.3 is 9.30 Å². The summed E-state index contributed by atoms with van der Waals surface area (Å²) in [6, 6.07) is 5.47. The number of rotatable bonds is 5. The first-order valence-electron chi connectivity index (χ1n) is 9.58. The summed E-state index contributed by atoms with van der Waals surface area (Å²) >= 11 is 6.04. The molecule has 30 heavy (non-hydrogen) atoms. The monoisotopic (exact) mass is 426 g/mol. The number of carbonyl (C=O) groups excluding carboxylic acids is 1. The van der Waals surface area contributed by atoms with Gasteiger partial charge in [-0.2, -0.15) is 0 Å². The minimum Gasteiger partial charge on any atom is -0.479 e. The van der Waals surface area contributed by atoms with Crippen LogP contribution in [0.3, 0.4) is 0 Å². The smallest absolute Gasteiger partial charge is 0.242 e. The Balaban J connectivity index is 1.56. The molecule has 0 aliphatic heterocycles. The Bertz CT molecular complexity index is 1290. The number of amides is 1. The van der Waals surface area contributed by atoms with Gasteiger partial charge in [-0.3, -0.25) is 10.1 Å². The lowest BCUT2D eigenvalue weighted by Gasteiger charge is -2.11. The van der Waals surface area contributed by atoms with Gasteiger partial charge in [0, 0.05) is 31.2 Å². The number of imidazole rings is 1. The zero-order chi connectivity index (χ0) is 21.6. The molecule has 0 atom stereocenters. The Hall–Kier alpha value is -3.13. The third-order valence-electron chi connectivity index (χ3n) is 5.41. The van der Waals surface area contributed by atoms with Gasteiger partial charge in [0.15, 0.2) is 5.65 Å². The Morgan fingerprint density at radius 2 is 2.00 bits per heavy atom. The van der Waals surface area contributed by atoms with Gasteiger partial charge in [0.25, 0.3) is 0 Å². The molecule has 0 radical (unpaired) electrons. The van der Waals surface area contributed by atoms with E-state index in [0.717, 1.165) is 38.9 Å². The van der Waals surface area contributed by atoms with Crippen LogP contribution in [0.4, 0.5) is 5.95 Å². The van der Waals surface area contributed by atoms with Gasteiger partial charge in [-0.15, -0.1) is 5.10 Å². The SMILES string of the molecule is COc1nn(C)c2nc(C)c(CCC(=O)Nc3nc4cc(Cl)ccc4n3C)c(C)c12. The van der Waals surface area contributed by atoms with E-state index in [1.807, 2.05) is 38.6 Å². The molecule has 1 aromatic carbocycles. The Labute approximate surface area is 178 Å². The van der Waals surface area contributed by atoms with Crippen molar-refractivity contribution in [2.24, 2.45) is 14.1 Å². The van der Waals surface area contributed by atoms with Crippen LogP contribution in [0.1, 0.15) is 23.2 Å². The van der Waals surface area contributed by atoms with Crippen molar-refractivity contribution in [1.29, 1.82) is 0 Å². The van der Waals surface area contributed by atoms with Crippen LogP contribution in [0, 0.1) is 13.8 Å². The Morgan fingerprint density at radius 1 is 1.23 bits per heavy atom. The highest BCUT2D eigenvalue weighted by atomic mass is 35.5. The molecule has 0 saturated heterocycles. The number of halogens is 1. The standard InChI is InChI=1S/C21H23ClN6O2/c1-11-14(12(2)23-19-18(11)20(30-5)26-28(19)4)7-9-17(29)25-21-24-15-10-13(22)6-8-16(15)27(21)3/h6,8,10H,7,9H2,1-5H3,(H,24,25,29). The molecular formula is C21H23ClN6O2. The van der Waals surface area contributed by atoms with E-state index >= 15 is 0 Å². The molecule has 0 unspecified atom stereocenters. The van der Waals surface area contributed by atoms with Gasteiger partial charge in [0.05, 0.1) is 23.5 Å². The number of aromatic nitrogens is 5. The van der Waals surface area contributed by atoms with E-state index in [1.165, 1.54) is 0 Å². The van der Waals surface area contributed by atoms with Gasteiger partial charge in [-0.05, 0) is 49.6 Å². The zero-order valence-corrected chi connectivity index (χ0v) is 18.3. The maximum atomic E-state index is 12.6. The third-order valence-corrected chi connectivity index (χ3v) is 5.65. The predicted octanol–water partition coefficient (Wildman–Crippen LogP) is 3.71. The van der Waals surface area contributed by atoms with Crippen LogP contribution in [0.5, 0.6) is 5.88 Å². The fourth-order valence-electron chi connectivity index (χ4n) is 3.82. The van der Waals surface area contributed by atoms with E-state index in [1.54, 1.807) is 23.9 Å². The summed E-state index contributed by atoms with van der Waals surface area (Å²) in [5.41, 5.74) is 5.36. The molecule has 0 bridgehead atoms. The van der Waals surface area contributed by atoms with Crippen molar-refractivity contribution >= 4 is 45.5 Å². The molecule has 4 rings (SSSR count). The number of benzene rings is 1. The average molecular weight is 427 g/mol. The molecule has 9 heteroatoms. The fourth-order valence-corrected chi connectivity index (χ4v) is 3.98. The molecule has 8 nitrogen and oxygen atoms in total. The number of methoxy groups -OCH3 is 1. The van der Waals surface area contributed by atoms with E-state index < -0.39 is 0 Å². The molecule has 0 fully saturated rings. The molecule has 3 aromatic heterocycles. The summed E-state index contributed by atoms with van der Waals surface area (Å²) < 4.78 is 8.96. The molecule has 1 N–H and O–H groups in total. The van der Waals surface area contributed by atoms with Gasteiger partial charge in [0.2, 0.25) is 17.7 Å². The molecule has 0 aliphatic rings. The van der Waals surface area contributed by atoms with Crippen molar-refractivity contribution < 1.29 is 9.53 Å². The van der Waals surface area contributed by atoms with Crippen LogP contribution in [0.25, 0.3) is 22.1 Å². The first-order chi connectivity index (χ1) is 14.3. The second-order valence-electron chi connectivity index (χ2n) is 7.31. The van der Waals surface area contributed by atoms with Gasteiger partial charge in [-0.25, -0.2) is 14.6 Å². The lowest BCUT2D eigenvalue weighted by molar-refractivity contribution is -0.116. The summed E-state index contributed by atoms with van der Waals surface area (Å²) in [5.74, 6) is 0.923. The van der Waals surface area contributed by atoms with Gasteiger partial charge in [-0.1, -0.05) is 11.6 Å². The molecule has 0 spiro atoms. The van der Waals surface area contributed by atoms with Crippen molar-refractivity contribution in [3.63, 3.8) is 0 Å². The van der Waals surface area contributed by atoms with Gasteiger partial charge >= 0.3 is 0 Å². The normalized spacial score (nSPS) is 11.4. The molecule has 0 aliphatic carbocycles. The first kappa shape index (κ1) is 20.2. The Morgan fingerprint density at radius 3 is 2.73 bits per heavy atom. The quantitative estimate of drug-likeness (QED) is 0.525. The van der Waals surface area contributed by atoms with Crippen molar-refractivity contribution in [1.82, 2.24) is 24.3 Å². The lowest BCUT2D eigenvalue weighted by Crippen LogP contribution is -2.16. The minimum atomic E-state index is -0.114. The largest absolute Gasteiger partial charge is 0.479 e. The van der Waals surface area contributed by atoms with Crippen LogP contribution >= 0.6 is 11.6 Å². The number of anilines is 1. The number of pyridine rings is 1. The number of nitrogens with zero attached hydrogens (tertiary/aromatic N) is 5. The van der Waals surface area contributed by atoms with Crippen molar-refractivity contribution in [2.45, 2.75) is 26.7 Å². The number of hydrogen-bond donors (Lipinski definition) is 1. The molecule has 4 aromatic rings. The van der Waals surface area contributed by atoms with Crippen LogP contribution < -0.4 is 10.1 Å². The van der Waals surface area contributed by atoms with Crippen molar-refractivity contribution in [3.05, 3.63) is 40.0 Å². The van der Waals surface area contributed by atoms with E-state index in [0.29, 0.717) is 29.7 Å². The second-order valence-corrected chi connectivity index (χ2v) is 7.74. The zero-order valence-electron chi connectivity index (χ0n) is 17.6. The highest BCUT2D eigenvalue weighted by Gasteiger charge is 2.19. The summed E-state index contributed by atoms with van der Waals surface area (Å²) in [6.45, 7) is 3.97. The number of nitrogens with one attached hydrogen (secondary N) is 1. The Kier molecular flexibility index (Phi) is 5.11. The fraction of sp³-hybridized carbons (Fsp3) is 0.333. The van der Waals surface area contributed by atoms with E-state index in [9.17, 15) is 4.79 Å². The highest BCUT2D eigenvalue weighted by molar-refractivity contribution is 6.31. The summed E-state index contributed by atoms with van der Waals surface area (Å²) in [5, 5.41) is 8.76. The van der Waals surface area contributed by atoms with Crippen LogP contribution in [-0.4, -0.2) is 37.3 Å². The molecular weight excluding hydrogens is 404 g/mol. The molecule has 0 saturated carbocycles. The number of aryl methyl sites for hydroxylation is 4. The molecule has 1 amide bonds. The first-order valence-corrected chi connectivity index (χ1v) is 9.96.